The lowest BCUT2D eigenvalue weighted by Gasteiger charge is -2.31. The van der Waals surface area contributed by atoms with E-state index in [2.05, 4.69) is 18.5 Å². The molecule has 0 aromatic rings. The lowest BCUT2D eigenvalue weighted by Crippen LogP contribution is -2.36. The monoisotopic (exact) mass is 137 g/mol. The van der Waals surface area contributed by atoms with Crippen LogP contribution in [0.4, 0.5) is 0 Å². The van der Waals surface area contributed by atoms with Gasteiger partial charge in [0.05, 0.1) is 0 Å². The molecule has 1 nitrogen and oxygen atoms in total. The molecular formula is C9H15N. The molecule has 1 heterocycles. The maximum absolute atomic E-state index is 3.82. The molecule has 1 saturated heterocycles. The van der Waals surface area contributed by atoms with Crippen LogP contribution in [0.1, 0.15) is 12.8 Å². The molecule has 1 N–H and O–H groups in total. The minimum Gasteiger partial charge on any atom is -0.316 e. The number of nitrogens with one attached hydrogen (secondary N) is 1. The normalized spacial score (nSPS) is 23.6. The van der Waals surface area contributed by atoms with Gasteiger partial charge in [0.1, 0.15) is 0 Å². The van der Waals surface area contributed by atoms with E-state index in [4.69, 9.17) is 0 Å². The second kappa shape index (κ2) is 3.02. The smallest absolute Gasteiger partial charge is 0.0181 e. The molecule has 0 amide bonds. The van der Waals surface area contributed by atoms with E-state index >= 15 is 0 Å². The van der Waals surface area contributed by atoms with Crippen molar-refractivity contribution in [3.8, 4) is 0 Å². The van der Waals surface area contributed by atoms with Gasteiger partial charge in [0.15, 0.2) is 0 Å². The summed E-state index contributed by atoms with van der Waals surface area (Å²) in [4.78, 5) is 0. The van der Waals surface area contributed by atoms with Gasteiger partial charge in [-0.05, 0) is 19.4 Å². The maximum Gasteiger partial charge on any atom is 0.0181 e. The fraction of sp³-hybridized carbons (Fsp3) is 0.556. The van der Waals surface area contributed by atoms with Crippen LogP contribution in [0.5, 0.6) is 0 Å². The van der Waals surface area contributed by atoms with Crippen LogP contribution in [-0.4, -0.2) is 13.1 Å². The molecule has 0 aliphatic carbocycles. The summed E-state index contributed by atoms with van der Waals surface area (Å²) >= 11 is 0. The highest BCUT2D eigenvalue weighted by Crippen LogP contribution is 2.27. The van der Waals surface area contributed by atoms with Gasteiger partial charge in [-0.3, -0.25) is 0 Å². The molecule has 0 unspecified atom stereocenters. The fourth-order valence-corrected chi connectivity index (χ4v) is 1.38. The highest BCUT2D eigenvalue weighted by atomic mass is 14.9. The van der Waals surface area contributed by atoms with Gasteiger partial charge in [-0.15, -0.1) is 13.2 Å². The Labute approximate surface area is 62.8 Å². The highest BCUT2D eigenvalue weighted by Gasteiger charge is 2.24. The van der Waals surface area contributed by atoms with E-state index in [0.717, 1.165) is 13.1 Å². The van der Waals surface area contributed by atoms with Crippen LogP contribution >= 0.6 is 0 Å². The van der Waals surface area contributed by atoms with Crippen molar-refractivity contribution in [2.45, 2.75) is 12.8 Å². The van der Waals surface area contributed by atoms with E-state index in [1.807, 2.05) is 12.2 Å². The average molecular weight is 137 g/mol. The first kappa shape index (κ1) is 7.55. The van der Waals surface area contributed by atoms with E-state index in [-0.39, 0.29) is 5.41 Å². The van der Waals surface area contributed by atoms with Gasteiger partial charge in [0.2, 0.25) is 0 Å². The third-order valence-electron chi connectivity index (χ3n) is 2.26. The van der Waals surface area contributed by atoms with Crippen LogP contribution in [-0.2, 0) is 0 Å². The second-order valence-corrected chi connectivity index (χ2v) is 2.92. The Bertz CT molecular complexity index is 122. The first-order chi connectivity index (χ1) is 4.83. The zero-order valence-corrected chi connectivity index (χ0v) is 6.40. The van der Waals surface area contributed by atoms with Crippen molar-refractivity contribution in [2.75, 3.05) is 13.1 Å². The lowest BCUT2D eigenvalue weighted by atomic mass is 9.81. The summed E-state index contributed by atoms with van der Waals surface area (Å²) in [5, 5.41) is 3.34. The minimum atomic E-state index is 0.179. The molecule has 1 fully saturated rings. The quantitative estimate of drug-likeness (QED) is 0.571. The van der Waals surface area contributed by atoms with Crippen LogP contribution in [0, 0.1) is 5.41 Å². The van der Waals surface area contributed by atoms with Crippen molar-refractivity contribution in [1.29, 1.82) is 0 Å². The lowest BCUT2D eigenvalue weighted by molar-refractivity contribution is 0.348. The number of hydrogen-bond acceptors (Lipinski definition) is 1. The Kier molecular flexibility index (Phi) is 2.28. The zero-order chi connectivity index (χ0) is 7.45. The average Bonchev–Trinajstić information content (AvgIpc) is 2.06. The topological polar surface area (TPSA) is 12.0 Å². The van der Waals surface area contributed by atoms with E-state index < -0.39 is 0 Å². The molecule has 1 heteroatoms. The highest BCUT2D eigenvalue weighted by molar-refractivity contribution is 5.09. The minimum absolute atomic E-state index is 0.179. The molecule has 1 aliphatic rings. The molecule has 0 aromatic carbocycles. The van der Waals surface area contributed by atoms with Gasteiger partial charge in [0, 0.05) is 12.0 Å². The Morgan fingerprint density at radius 2 is 2.00 bits per heavy atom. The summed E-state index contributed by atoms with van der Waals surface area (Å²) < 4.78 is 0. The number of rotatable bonds is 2. The first-order valence-corrected chi connectivity index (χ1v) is 3.81. The van der Waals surface area contributed by atoms with Crippen molar-refractivity contribution in [3.63, 3.8) is 0 Å². The summed E-state index contributed by atoms with van der Waals surface area (Å²) in [7, 11) is 0. The maximum atomic E-state index is 3.82. The van der Waals surface area contributed by atoms with Crippen LogP contribution in [0.3, 0.4) is 0 Å². The van der Waals surface area contributed by atoms with Gasteiger partial charge in [0.25, 0.3) is 0 Å². The van der Waals surface area contributed by atoms with Crippen LogP contribution < -0.4 is 5.32 Å². The molecular weight excluding hydrogens is 122 g/mol. The summed E-state index contributed by atoms with van der Waals surface area (Å²) in [6.45, 7) is 9.79. The van der Waals surface area contributed by atoms with Gasteiger partial charge >= 0.3 is 0 Å². The third-order valence-corrected chi connectivity index (χ3v) is 2.26. The van der Waals surface area contributed by atoms with E-state index in [1.54, 1.807) is 0 Å². The van der Waals surface area contributed by atoms with Crippen LogP contribution in [0.2, 0.25) is 0 Å². The predicted octanol–water partition coefficient (Wildman–Crippen LogP) is 1.73. The van der Waals surface area contributed by atoms with Gasteiger partial charge in [-0.1, -0.05) is 12.2 Å². The molecule has 0 aromatic heterocycles. The number of hydrogen-bond donors (Lipinski definition) is 1. The molecule has 0 spiro atoms. The standard InChI is InChI=1S/C9H15N/c1-3-9(4-2)6-5-7-10-8-9/h3-4,10H,1-2,5-8H2. The zero-order valence-electron chi connectivity index (χ0n) is 6.40. The van der Waals surface area contributed by atoms with E-state index in [9.17, 15) is 0 Å². The SMILES string of the molecule is C=CC1(C=C)CCCNC1. The number of piperidine rings is 1. The van der Waals surface area contributed by atoms with Crippen molar-refractivity contribution in [1.82, 2.24) is 5.32 Å². The summed E-state index contributed by atoms with van der Waals surface area (Å²) in [6, 6.07) is 0. The van der Waals surface area contributed by atoms with E-state index in [0.29, 0.717) is 0 Å². The summed E-state index contributed by atoms with van der Waals surface area (Å²) in [5.74, 6) is 0. The Balaban J connectivity index is 2.60. The molecule has 0 saturated carbocycles. The Morgan fingerprint density at radius 1 is 1.30 bits per heavy atom. The third kappa shape index (κ3) is 1.29. The van der Waals surface area contributed by atoms with Gasteiger partial charge in [-0.2, -0.15) is 0 Å². The van der Waals surface area contributed by atoms with E-state index in [1.165, 1.54) is 12.8 Å². The predicted molar refractivity (Wildman–Crippen MR) is 44.9 cm³/mol. The van der Waals surface area contributed by atoms with Gasteiger partial charge in [-0.25, -0.2) is 0 Å². The summed E-state index contributed by atoms with van der Waals surface area (Å²) in [6.07, 6.45) is 6.45. The van der Waals surface area contributed by atoms with Crippen molar-refractivity contribution >= 4 is 0 Å². The molecule has 0 bridgehead atoms. The van der Waals surface area contributed by atoms with Crippen LogP contribution in [0.15, 0.2) is 25.3 Å². The van der Waals surface area contributed by atoms with Crippen molar-refractivity contribution in [3.05, 3.63) is 25.3 Å². The molecule has 0 radical (unpaired) electrons. The molecule has 10 heavy (non-hydrogen) atoms. The second-order valence-electron chi connectivity index (χ2n) is 2.92. The Hall–Kier alpha value is -0.560. The van der Waals surface area contributed by atoms with Crippen molar-refractivity contribution in [2.24, 2.45) is 5.41 Å². The van der Waals surface area contributed by atoms with Crippen LogP contribution in [0.25, 0.3) is 0 Å². The molecule has 1 aliphatic heterocycles. The van der Waals surface area contributed by atoms with Crippen molar-refractivity contribution < 1.29 is 0 Å². The molecule has 0 atom stereocenters. The van der Waals surface area contributed by atoms with Gasteiger partial charge < -0.3 is 5.32 Å². The Morgan fingerprint density at radius 3 is 2.30 bits per heavy atom. The molecule has 56 valence electrons. The molecule has 1 rings (SSSR count). The summed E-state index contributed by atoms with van der Waals surface area (Å²) in [5.41, 5.74) is 0.179. The largest absolute Gasteiger partial charge is 0.316 e. The first-order valence-electron chi connectivity index (χ1n) is 3.81. The fourth-order valence-electron chi connectivity index (χ4n) is 1.38.